The van der Waals surface area contributed by atoms with E-state index in [1.54, 1.807) is 12.1 Å². The van der Waals surface area contributed by atoms with Gasteiger partial charge in [0.05, 0.1) is 12.3 Å². The van der Waals surface area contributed by atoms with Gasteiger partial charge in [-0.2, -0.15) is 14.8 Å². The Morgan fingerprint density at radius 2 is 1.89 bits per heavy atom. The number of rotatable bonds is 10. The Kier molecular flexibility index (Phi) is 9.42. The first-order chi connectivity index (χ1) is 18.5. The molecular weight excluding hydrogens is 486 g/mol. The third kappa shape index (κ3) is 6.95. The monoisotopic (exact) mass is 521 g/mol. The van der Waals surface area contributed by atoms with Gasteiger partial charge in [0.1, 0.15) is 6.04 Å². The maximum Gasteiger partial charge on any atom is 0.273 e. The van der Waals surface area contributed by atoms with E-state index in [1.807, 2.05) is 37.3 Å². The lowest BCUT2D eigenvalue weighted by Crippen LogP contribution is -2.43. The zero-order valence-electron chi connectivity index (χ0n) is 21.7. The van der Waals surface area contributed by atoms with Crippen LogP contribution in [0.2, 0.25) is 0 Å². The molecule has 1 aromatic carbocycles. The Labute approximate surface area is 221 Å². The summed E-state index contributed by atoms with van der Waals surface area (Å²) in [5.74, 6) is -1.66. The summed E-state index contributed by atoms with van der Waals surface area (Å²) in [6.45, 7) is 2.10. The normalized spacial score (nSPS) is 18.6. The van der Waals surface area contributed by atoms with E-state index in [2.05, 4.69) is 15.6 Å². The maximum atomic E-state index is 13.6. The number of nitrogens with one attached hydrogen (secondary N) is 1. The summed E-state index contributed by atoms with van der Waals surface area (Å²) in [6.07, 6.45) is 7.02. The molecule has 0 unspecified atom stereocenters. The highest BCUT2D eigenvalue weighted by Crippen LogP contribution is 2.33. The molecule has 2 aliphatic rings. The van der Waals surface area contributed by atoms with Crippen molar-refractivity contribution in [3.05, 3.63) is 65.3 Å². The van der Waals surface area contributed by atoms with Crippen LogP contribution in [-0.2, 0) is 32.2 Å². The van der Waals surface area contributed by atoms with E-state index in [1.165, 1.54) is 12.3 Å². The van der Waals surface area contributed by atoms with Crippen LogP contribution >= 0.6 is 0 Å². The Balaban J connectivity index is 1.44. The molecule has 0 radical (unpaired) electrons. The molecule has 3 amide bonds. The van der Waals surface area contributed by atoms with Crippen molar-refractivity contribution in [2.24, 2.45) is 21.9 Å². The van der Waals surface area contributed by atoms with Crippen molar-refractivity contribution in [3.8, 4) is 0 Å². The number of aromatic nitrogens is 1. The Bertz CT molecular complexity index is 1220. The topological polar surface area (TPSA) is 126 Å². The van der Waals surface area contributed by atoms with Gasteiger partial charge in [0, 0.05) is 25.0 Å². The number of aryl methyl sites for hydroxylation is 1. The lowest BCUT2D eigenvalue weighted by molar-refractivity contribution is -0.146. The number of pyridine rings is 1. The average molecular weight is 522 g/mol. The fraction of sp³-hybridized carbons (Fsp3) is 0.464. The van der Waals surface area contributed by atoms with Crippen molar-refractivity contribution in [3.63, 3.8) is 0 Å². The van der Waals surface area contributed by atoms with Crippen LogP contribution in [0.5, 0.6) is 0 Å². The number of hydrogen-bond acceptors (Lipinski definition) is 6. The van der Waals surface area contributed by atoms with Gasteiger partial charge < -0.3 is 5.21 Å². The minimum absolute atomic E-state index is 0.0661. The molecule has 1 saturated carbocycles. The summed E-state index contributed by atoms with van der Waals surface area (Å²) >= 11 is 0. The van der Waals surface area contributed by atoms with Gasteiger partial charge in [0.15, 0.2) is 5.49 Å². The molecule has 2 N–H and O–H groups in total. The lowest BCUT2D eigenvalue weighted by Gasteiger charge is -2.26. The van der Waals surface area contributed by atoms with Crippen molar-refractivity contribution < 1.29 is 24.4 Å². The summed E-state index contributed by atoms with van der Waals surface area (Å²) in [4.78, 5) is 48.9. The molecule has 38 heavy (non-hydrogen) atoms. The minimum Gasteiger partial charge on any atom is -0.427 e. The Hall–Kier alpha value is -3.79. The van der Waals surface area contributed by atoms with E-state index in [0.717, 1.165) is 41.0 Å². The summed E-state index contributed by atoms with van der Waals surface area (Å²) in [7, 11) is 0. The van der Waals surface area contributed by atoms with Crippen LogP contribution in [0.4, 0.5) is 0 Å². The van der Waals surface area contributed by atoms with E-state index >= 15 is 0 Å². The fourth-order valence-corrected chi connectivity index (χ4v) is 5.05. The minimum atomic E-state index is -0.920. The fourth-order valence-electron chi connectivity index (χ4n) is 5.05. The summed E-state index contributed by atoms with van der Waals surface area (Å²) in [5.41, 5.74) is 4.06. The van der Waals surface area contributed by atoms with Crippen molar-refractivity contribution >= 4 is 23.9 Å². The number of hydrazone groups is 1. The van der Waals surface area contributed by atoms with Crippen molar-refractivity contribution in [1.29, 1.82) is 0 Å². The largest absolute Gasteiger partial charge is 0.427 e. The van der Waals surface area contributed by atoms with Crippen molar-refractivity contribution in [2.75, 3.05) is 0 Å². The quantitative estimate of drug-likeness (QED) is 0.367. The molecule has 4 rings (SSSR count). The maximum absolute atomic E-state index is 13.6. The van der Waals surface area contributed by atoms with Gasteiger partial charge in [0.25, 0.3) is 5.91 Å². The molecule has 0 spiro atoms. The molecule has 1 aliphatic carbocycles. The molecule has 2 heterocycles. The molecule has 0 saturated heterocycles. The van der Waals surface area contributed by atoms with E-state index in [4.69, 9.17) is 4.84 Å². The van der Waals surface area contributed by atoms with Crippen LogP contribution in [0.25, 0.3) is 0 Å². The molecule has 10 nitrogen and oxygen atoms in total. The second-order valence-electron chi connectivity index (χ2n) is 9.81. The highest BCUT2D eigenvalue weighted by Gasteiger charge is 2.38. The highest BCUT2D eigenvalue weighted by molar-refractivity contribution is 5.94. The Morgan fingerprint density at radius 3 is 2.63 bits per heavy atom. The second kappa shape index (κ2) is 13.1. The van der Waals surface area contributed by atoms with E-state index in [0.29, 0.717) is 24.5 Å². The number of hydrogen-bond donors (Lipinski definition) is 2. The zero-order valence-corrected chi connectivity index (χ0v) is 21.7. The standard InChI is InChI=1S/C28H35N5O5/c1-2-23-13-8-14-25(33(23)37)30-27(35)24-15-16-29-32(24)28(36)22(17-20-9-6-7-10-20)18-26(34)31-38-19-21-11-4-3-5-12-21/h3-5,8,11-14,16,20,22,24,37H,2,6-7,9-10,15,17-19H2,1H3,(H,31,34)/t22-,24+/m1/s1. The molecule has 202 valence electrons. The SMILES string of the molecule is CCc1cccc(=NC(=O)[C@@H]2CC=NN2C(=O)[C@@H](CC(=O)NOCc2ccccc2)CC2CCCC2)n1O. The van der Waals surface area contributed by atoms with Crippen molar-refractivity contribution in [2.45, 2.75) is 70.9 Å². The van der Waals surface area contributed by atoms with Gasteiger partial charge in [-0.15, -0.1) is 0 Å². The van der Waals surface area contributed by atoms with Gasteiger partial charge in [-0.3, -0.25) is 19.2 Å². The predicted octanol–water partition coefficient (Wildman–Crippen LogP) is 3.14. The first-order valence-electron chi connectivity index (χ1n) is 13.2. The van der Waals surface area contributed by atoms with Gasteiger partial charge >= 0.3 is 0 Å². The average Bonchev–Trinajstić information content (AvgIpc) is 3.62. The summed E-state index contributed by atoms with van der Waals surface area (Å²) < 4.78 is 0.878. The molecule has 1 aromatic heterocycles. The Morgan fingerprint density at radius 1 is 1.13 bits per heavy atom. The third-order valence-electron chi connectivity index (χ3n) is 7.09. The number of benzene rings is 1. The molecule has 1 fully saturated rings. The van der Waals surface area contributed by atoms with Gasteiger partial charge in [-0.1, -0.05) is 69.0 Å². The molecule has 2 atom stereocenters. The summed E-state index contributed by atoms with van der Waals surface area (Å²) in [5, 5.41) is 15.7. The van der Waals surface area contributed by atoms with Crippen LogP contribution in [0.3, 0.4) is 0 Å². The van der Waals surface area contributed by atoms with Gasteiger partial charge in [-0.05, 0) is 36.5 Å². The van der Waals surface area contributed by atoms with Crippen LogP contribution in [0.1, 0.15) is 63.1 Å². The summed E-state index contributed by atoms with van der Waals surface area (Å²) in [6, 6.07) is 13.5. The third-order valence-corrected chi connectivity index (χ3v) is 7.09. The van der Waals surface area contributed by atoms with Crippen molar-refractivity contribution in [1.82, 2.24) is 15.2 Å². The van der Waals surface area contributed by atoms with Crippen LogP contribution in [-0.4, -0.2) is 44.9 Å². The van der Waals surface area contributed by atoms with Gasteiger partial charge in [0.2, 0.25) is 11.8 Å². The molecule has 1 aliphatic heterocycles. The van der Waals surface area contributed by atoms with E-state index in [-0.39, 0.29) is 30.8 Å². The van der Waals surface area contributed by atoms with E-state index < -0.39 is 23.8 Å². The lowest BCUT2D eigenvalue weighted by atomic mass is 9.89. The number of amides is 3. The molecule has 10 heteroatoms. The van der Waals surface area contributed by atoms with Crippen LogP contribution < -0.4 is 11.0 Å². The van der Waals surface area contributed by atoms with E-state index in [9.17, 15) is 19.6 Å². The molecule has 0 bridgehead atoms. The first kappa shape index (κ1) is 27.3. The number of carbonyl (C=O) groups is 3. The number of nitrogens with zero attached hydrogens (tertiary/aromatic N) is 4. The van der Waals surface area contributed by atoms with Crippen LogP contribution in [0, 0.1) is 11.8 Å². The smallest absolute Gasteiger partial charge is 0.273 e. The second-order valence-corrected chi connectivity index (χ2v) is 9.81. The molecular formula is C28H35N5O5. The van der Waals surface area contributed by atoms with Crippen LogP contribution in [0.15, 0.2) is 58.6 Å². The van der Waals surface area contributed by atoms with Gasteiger partial charge in [-0.25, -0.2) is 10.5 Å². The predicted molar refractivity (Wildman–Crippen MR) is 139 cm³/mol. The highest BCUT2D eigenvalue weighted by atomic mass is 16.6. The molecule has 2 aromatic rings. The number of hydroxylamine groups is 1. The zero-order chi connectivity index (χ0) is 26.9. The first-order valence-corrected chi connectivity index (χ1v) is 13.2. The number of carbonyl (C=O) groups excluding carboxylic acids is 3.